The molecule has 0 aliphatic carbocycles. The molecular formula is C14H14N6O5S2. The van der Waals surface area contributed by atoms with Gasteiger partial charge < -0.3 is 10.8 Å². The number of anilines is 1. The predicted molar refractivity (Wildman–Crippen MR) is 97.0 cm³/mol. The second-order valence-corrected chi connectivity index (χ2v) is 8.25. The minimum absolute atomic E-state index is 0.0626. The third kappa shape index (κ3) is 3.95. The number of hydrogen-bond donors (Lipinski definition) is 4. The molecule has 0 aliphatic heterocycles. The average Bonchev–Trinajstić information content (AvgIpc) is 3.20. The van der Waals surface area contributed by atoms with E-state index in [0.29, 0.717) is 27.8 Å². The fourth-order valence-corrected chi connectivity index (χ4v) is 3.81. The quantitative estimate of drug-likeness (QED) is 0.429. The second kappa shape index (κ2) is 7.03. The number of para-hydroxylation sites is 1. The molecule has 6 N–H and O–H groups in total. The van der Waals surface area contributed by atoms with Crippen molar-refractivity contribution in [3.8, 4) is 0 Å². The number of amides is 1. The highest BCUT2D eigenvalue weighted by Gasteiger charge is 2.21. The molecule has 0 fully saturated rings. The summed E-state index contributed by atoms with van der Waals surface area (Å²) in [5, 5.41) is 24.1. The normalized spacial score (nSPS) is 12.8. The first-order valence-corrected chi connectivity index (χ1v) is 9.78. The van der Waals surface area contributed by atoms with Crippen LogP contribution in [0.2, 0.25) is 0 Å². The number of nitrogens with two attached hydrogens (primary N) is 2. The van der Waals surface area contributed by atoms with Gasteiger partial charge in [-0.2, -0.15) is 0 Å². The number of primary sulfonamides is 1. The van der Waals surface area contributed by atoms with Crippen molar-refractivity contribution in [1.29, 1.82) is 0 Å². The molecule has 0 spiro atoms. The smallest absolute Gasteiger partial charge is 0.416 e. The summed E-state index contributed by atoms with van der Waals surface area (Å²) in [5.74, 6) is -0.626. The Morgan fingerprint density at radius 2 is 2.00 bits per heavy atom. The summed E-state index contributed by atoms with van der Waals surface area (Å²) in [4.78, 5) is 23.6. The van der Waals surface area contributed by atoms with Crippen LogP contribution in [0.4, 0.5) is 9.93 Å². The zero-order valence-electron chi connectivity index (χ0n) is 13.6. The Kier molecular flexibility index (Phi) is 4.93. The maximum Gasteiger partial charge on any atom is 0.416 e. The van der Waals surface area contributed by atoms with E-state index in [1.54, 1.807) is 24.3 Å². The van der Waals surface area contributed by atoms with Gasteiger partial charge in [0.2, 0.25) is 15.4 Å². The molecule has 11 nitrogen and oxygen atoms in total. The lowest BCUT2D eigenvalue weighted by Gasteiger charge is -2.09. The molecule has 3 rings (SSSR count). The summed E-state index contributed by atoms with van der Waals surface area (Å²) < 4.78 is 23.0. The second-order valence-electron chi connectivity index (χ2n) is 5.54. The van der Waals surface area contributed by atoms with E-state index in [4.69, 9.17) is 10.9 Å². The lowest BCUT2D eigenvalue weighted by atomic mass is 10.1. The number of rotatable bonds is 5. The van der Waals surface area contributed by atoms with Gasteiger partial charge in [-0.15, -0.1) is 10.2 Å². The molecule has 2 aromatic heterocycles. The van der Waals surface area contributed by atoms with Crippen LogP contribution in [0.3, 0.4) is 0 Å². The first kappa shape index (κ1) is 18.9. The maximum atomic E-state index is 12.3. The molecule has 3 aromatic rings. The third-order valence-electron chi connectivity index (χ3n) is 3.66. The standard InChI is InChI=1S/C14H14N6O5S2/c15-9(11(21)17-12-18-19-13(26-12)27(16,24)25)5-7-6-20(14(22)23)10-4-2-1-3-8(7)10/h1-4,6,9H,5,15H2,(H,22,23)(H2,16,24,25)(H,17,18,21)/t9-/m0/s1. The van der Waals surface area contributed by atoms with E-state index in [1.165, 1.54) is 6.20 Å². The first-order valence-electron chi connectivity index (χ1n) is 7.42. The third-order valence-corrected chi connectivity index (χ3v) is 5.81. The Bertz CT molecular complexity index is 1140. The van der Waals surface area contributed by atoms with Crippen molar-refractivity contribution < 1.29 is 23.1 Å². The highest BCUT2D eigenvalue weighted by atomic mass is 32.2. The van der Waals surface area contributed by atoms with Gasteiger partial charge in [-0.1, -0.05) is 29.5 Å². The molecular weight excluding hydrogens is 396 g/mol. The van der Waals surface area contributed by atoms with Crippen LogP contribution in [-0.4, -0.2) is 46.3 Å². The zero-order valence-corrected chi connectivity index (χ0v) is 15.2. The molecule has 27 heavy (non-hydrogen) atoms. The molecule has 142 valence electrons. The Morgan fingerprint density at radius 1 is 1.30 bits per heavy atom. The highest BCUT2D eigenvalue weighted by Crippen LogP contribution is 2.23. The monoisotopic (exact) mass is 410 g/mol. The summed E-state index contributed by atoms with van der Waals surface area (Å²) in [6.45, 7) is 0. The van der Waals surface area contributed by atoms with E-state index >= 15 is 0 Å². The largest absolute Gasteiger partial charge is 0.464 e. The molecule has 2 heterocycles. The Hall–Kier alpha value is -2.87. The summed E-state index contributed by atoms with van der Waals surface area (Å²) in [6, 6.07) is 5.81. The fourth-order valence-electron chi connectivity index (χ4n) is 2.47. The fraction of sp³-hybridized carbons (Fsp3) is 0.143. The van der Waals surface area contributed by atoms with Gasteiger partial charge >= 0.3 is 6.09 Å². The van der Waals surface area contributed by atoms with Gasteiger partial charge in [0.1, 0.15) is 0 Å². The number of carbonyl (C=O) groups is 2. The van der Waals surface area contributed by atoms with Crippen LogP contribution in [0.5, 0.6) is 0 Å². The van der Waals surface area contributed by atoms with E-state index in [0.717, 1.165) is 4.57 Å². The van der Waals surface area contributed by atoms with E-state index in [9.17, 15) is 23.1 Å². The average molecular weight is 410 g/mol. The molecule has 0 unspecified atom stereocenters. The molecule has 0 saturated carbocycles. The minimum atomic E-state index is -4.01. The molecule has 1 amide bonds. The Balaban J connectivity index is 1.78. The highest BCUT2D eigenvalue weighted by molar-refractivity contribution is 7.91. The van der Waals surface area contributed by atoms with Crippen LogP contribution < -0.4 is 16.2 Å². The van der Waals surface area contributed by atoms with Crippen molar-refractivity contribution in [2.24, 2.45) is 10.9 Å². The van der Waals surface area contributed by atoms with E-state index in [1.807, 2.05) is 0 Å². The van der Waals surface area contributed by atoms with E-state index < -0.39 is 32.4 Å². The number of carboxylic acid groups (broad SMARTS) is 1. The van der Waals surface area contributed by atoms with Gasteiger partial charge in [0.05, 0.1) is 11.6 Å². The predicted octanol–water partition coefficient (Wildman–Crippen LogP) is 0.175. The maximum absolute atomic E-state index is 12.3. The van der Waals surface area contributed by atoms with Crippen LogP contribution >= 0.6 is 11.3 Å². The van der Waals surface area contributed by atoms with Gasteiger partial charge in [-0.25, -0.2) is 18.4 Å². The van der Waals surface area contributed by atoms with Gasteiger partial charge in [-0.05, 0) is 18.1 Å². The number of sulfonamides is 1. The molecule has 0 saturated heterocycles. The molecule has 1 aromatic carbocycles. The summed E-state index contributed by atoms with van der Waals surface area (Å²) in [5.41, 5.74) is 6.97. The lowest BCUT2D eigenvalue weighted by Crippen LogP contribution is -2.37. The van der Waals surface area contributed by atoms with Crippen molar-refractivity contribution in [1.82, 2.24) is 14.8 Å². The number of nitrogens with zero attached hydrogens (tertiary/aromatic N) is 3. The number of aromatic nitrogens is 3. The zero-order chi connectivity index (χ0) is 19.8. The molecule has 0 radical (unpaired) electrons. The van der Waals surface area contributed by atoms with Gasteiger partial charge in [-0.3, -0.25) is 14.7 Å². The first-order chi connectivity index (χ1) is 12.7. The number of benzene rings is 1. The van der Waals surface area contributed by atoms with Crippen molar-refractivity contribution >= 4 is 49.4 Å². The van der Waals surface area contributed by atoms with Gasteiger partial charge in [0.15, 0.2) is 0 Å². The van der Waals surface area contributed by atoms with Crippen molar-refractivity contribution in [2.45, 2.75) is 16.8 Å². The summed E-state index contributed by atoms with van der Waals surface area (Å²) in [7, 11) is -4.01. The molecule has 13 heteroatoms. The number of nitrogens with one attached hydrogen (secondary N) is 1. The van der Waals surface area contributed by atoms with Crippen molar-refractivity contribution in [3.63, 3.8) is 0 Å². The van der Waals surface area contributed by atoms with Crippen LogP contribution in [-0.2, 0) is 21.2 Å². The molecule has 1 atom stereocenters. The van der Waals surface area contributed by atoms with Crippen LogP contribution in [0.15, 0.2) is 34.8 Å². The SMILES string of the molecule is N[C@@H](Cc1cn(C(=O)O)c2ccccc12)C(=O)Nc1nnc(S(N)(=O)=O)s1. The van der Waals surface area contributed by atoms with E-state index in [-0.39, 0.29) is 11.6 Å². The summed E-state index contributed by atoms with van der Waals surface area (Å²) in [6.07, 6.45) is 0.317. The molecule has 0 bridgehead atoms. The summed E-state index contributed by atoms with van der Waals surface area (Å²) >= 11 is 0.598. The number of fused-ring (bicyclic) bond motifs is 1. The van der Waals surface area contributed by atoms with E-state index in [2.05, 4.69) is 15.5 Å². The Labute approximate surface area is 156 Å². The van der Waals surface area contributed by atoms with Crippen molar-refractivity contribution in [2.75, 3.05) is 5.32 Å². The van der Waals surface area contributed by atoms with Gasteiger partial charge in [0, 0.05) is 11.6 Å². The van der Waals surface area contributed by atoms with Crippen molar-refractivity contribution in [3.05, 3.63) is 36.0 Å². The molecule has 0 aliphatic rings. The van der Waals surface area contributed by atoms with Gasteiger partial charge in [0.25, 0.3) is 10.0 Å². The topological polar surface area (TPSA) is 183 Å². The van der Waals surface area contributed by atoms with Crippen LogP contribution in [0.1, 0.15) is 5.56 Å². The lowest BCUT2D eigenvalue weighted by molar-refractivity contribution is -0.117. The number of hydrogen-bond acceptors (Lipinski definition) is 8. The van der Waals surface area contributed by atoms with Crippen LogP contribution in [0.25, 0.3) is 10.9 Å². The number of carbonyl (C=O) groups excluding carboxylic acids is 1. The minimum Gasteiger partial charge on any atom is -0.464 e. The Morgan fingerprint density at radius 3 is 2.63 bits per heavy atom. The van der Waals surface area contributed by atoms with Crippen LogP contribution in [0, 0.1) is 0 Å².